The standard InChI is InChI=1S/C16H30N2O3/c1-15(2,3)18-14(19)4-8-17-13-5-9-21-16(12-13)6-10-20-11-7-16/h13,17H,4-12H2,1-3H3,(H,18,19). The third-order valence-corrected chi connectivity index (χ3v) is 4.20. The van der Waals surface area contributed by atoms with E-state index in [0.717, 1.165) is 52.0 Å². The lowest BCUT2D eigenvalue weighted by atomic mass is 9.84. The van der Waals surface area contributed by atoms with Crippen molar-refractivity contribution in [3.05, 3.63) is 0 Å². The van der Waals surface area contributed by atoms with Crippen molar-refractivity contribution in [3.63, 3.8) is 0 Å². The van der Waals surface area contributed by atoms with E-state index in [1.54, 1.807) is 0 Å². The van der Waals surface area contributed by atoms with Crippen molar-refractivity contribution in [2.75, 3.05) is 26.4 Å². The molecule has 0 aromatic carbocycles. The average Bonchev–Trinajstić information content (AvgIpc) is 2.37. The summed E-state index contributed by atoms with van der Waals surface area (Å²) in [6.45, 7) is 9.18. The molecule has 2 heterocycles. The van der Waals surface area contributed by atoms with E-state index >= 15 is 0 Å². The van der Waals surface area contributed by atoms with Gasteiger partial charge in [0.05, 0.1) is 5.60 Å². The molecule has 5 heteroatoms. The van der Waals surface area contributed by atoms with E-state index < -0.39 is 0 Å². The van der Waals surface area contributed by atoms with E-state index in [9.17, 15) is 4.79 Å². The predicted molar refractivity (Wildman–Crippen MR) is 82.3 cm³/mol. The van der Waals surface area contributed by atoms with E-state index in [1.807, 2.05) is 20.8 Å². The van der Waals surface area contributed by atoms with Gasteiger partial charge in [-0.3, -0.25) is 4.79 Å². The molecule has 1 atom stereocenters. The lowest BCUT2D eigenvalue weighted by Gasteiger charge is -2.43. The van der Waals surface area contributed by atoms with E-state index in [2.05, 4.69) is 10.6 Å². The summed E-state index contributed by atoms with van der Waals surface area (Å²) >= 11 is 0. The van der Waals surface area contributed by atoms with Crippen molar-refractivity contribution in [1.29, 1.82) is 0 Å². The molecule has 0 saturated carbocycles. The number of carbonyl (C=O) groups excluding carboxylic acids is 1. The van der Waals surface area contributed by atoms with Crippen LogP contribution in [0.2, 0.25) is 0 Å². The molecule has 1 amide bonds. The van der Waals surface area contributed by atoms with Gasteiger partial charge in [0.15, 0.2) is 0 Å². The first-order valence-electron chi connectivity index (χ1n) is 8.15. The van der Waals surface area contributed by atoms with Gasteiger partial charge >= 0.3 is 0 Å². The molecule has 0 bridgehead atoms. The number of amides is 1. The molecule has 2 saturated heterocycles. The van der Waals surface area contributed by atoms with Gasteiger partial charge in [0.1, 0.15) is 0 Å². The van der Waals surface area contributed by atoms with Gasteiger partial charge in [0, 0.05) is 44.4 Å². The van der Waals surface area contributed by atoms with Crippen molar-refractivity contribution in [2.45, 2.75) is 70.1 Å². The van der Waals surface area contributed by atoms with Gasteiger partial charge in [-0.05, 0) is 46.5 Å². The van der Waals surface area contributed by atoms with Gasteiger partial charge in [0.2, 0.25) is 5.91 Å². The topological polar surface area (TPSA) is 59.6 Å². The Morgan fingerprint density at radius 2 is 1.95 bits per heavy atom. The zero-order chi connectivity index (χ0) is 15.3. The lowest BCUT2D eigenvalue weighted by Crippen LogP contribution is -2.50. The molecule has 5 nitrogen and oxygen atoms in total. The Balaban J connectivity index is 1.70. The van der Waals surface area contributed by atoms with Crippen LogP contribution < -0.4 is 10.6 Å². The van der Waals surface area contributed by atoms with Crippen molar-refractivity contribution in [2.24, 2.45) is 0 Å². The van der Waals surface area contributed by atoms with Gasteiger partial charge in [-0.1, -0.05) is 0 Å². The Morgan fingerprint density at radius 3 is 2.62 bits per heavy atom. The molecule has 122 valence electrons. The van der Waals surface area contributed by atoms with Crippen LogP contribution in [-0.2, 0) is 14.3 Å². The molecular weight excluding hydrogens is 268 g/mol. The Bertz CT molecular complexity index is 340. The first kappa shape index (κ1) is 16.7. The Hall–Kier alpha value is -0.650. The van der Waals surface area contributed by atoms with Gasteiger partial charge in [0.25, 0.3) is 0 Å². The second-order valence-corrected chi connectivity index (χ2v) is 7.34. The summed E-state index contributed by atoms with van der Waals surface area (Å²) in [4.78, 5) is 11.8. The summed E-state index contributed by atoms with van der Waals surface area (Å²) in [6.07, 6.45) is 4.59. The van der Waals surface area contributed by atoms with E-state index in [0.29, 0.717) is 12.5 Å². The van der Waals surface area contributed by atoms with E-state index in [1.165, 1.54) is 0 Å². The van der Waals surface area contributed by atoms with Crippen LogP contribution in [-0.4, -0.2) is 49.5 Å². The van der Waals surface area contributed by atoms with Crippen molar-refractivity contribution in [3.8, 4) is 0 Å². The minimum Gasteiger partial charge on any atom is -0.381 e. The molecule has 2 fully saturated rings. The number of hydrogen-bond donors (Lipinski definition) is 2. The largest absolute Gasteiger partial charge is 0.381 e. The molecule has 1 spiro atoms. The highest BCUT2D eigenvalue weighted by Crippen LogP contribution is 2.34. The predicted octanol–water partition coefficient (Wildman–Crippen LogP) is 1.61. The molecule has 0 aromatic heterocycles. The van der Waals surface area contributed by atoms with Crippen LogP contribution in [0.3, 0.4) is 0 Å². The van der Waals surface area contributed by atoms with Crippen LogP contribution in [0.4, 0.5) is 0 Å². The van der Waals surface area contributed by atoms with Crippen LogP contribution in [0.15, 0.2) is 0 Å². The fourth-order valence-electron chi connectivity index (χ4n) is 3.16. The molecule has 21 heavy (non-hydrogen) atoms. The summed E-state index contributed by atoms with van der Waals surface area (Å²) in [7, 11) is 0. The fourth-order valence-corrected chi connectivity index (χ4v) is 3.16. The Labute approximate surface area is 128 Å². The van der Waals surface area contributed by atoms with Crippen LogP contribution in [0.1, 0.15) is 52.9 Å². The number of nitrogens with one attached hydrogen (secondary N) is 2. The molecule has 2 aliphatic rings. The number of carbonyl (C=O) groups is 1. The summed E-state index contributed by atoms with van der Waals surface area (Å²) in [5.41, 5.74) is -0.135. The van der Waals surface area contributed by atoms with Crippen LogP contribution >= 0.6 is 0 Å². The zero-order valence-corrected chi connectivity index (χ0v) is 13.7. The minimum atomic E-state index is -0.151. The molecule has 2 aliphatic heterocycles. The molecule has 2 rings (SSSR count). The van der Waals surface area contributed by atoms with E-state index in [-0.39, 0.29) is 17.0 Å². The number of hydrogen-bond acceptors (Lipinski definition) is 4. The minimum absolute atomic E-state index is 0.0157. The second-order valence-electron chi connectivity index (χ2n) is 7.34. The maximum Gasteiger partial charge on any atom is 0.221 e. The van der Waals surface area contributed by atoms with Gasteiger partial charge in [-0.2, -0.15) is 0 Å². The lowest BCUT2D eigenvalue weighted by molar-refractivity contribution is -0.140. The molecular formula is C16H30N2O3. The normalized spacial score (nSPS) is 25.8. The van der Waals surface area contributed by atoms with Crippen molar-refractivity contribution >= 4 is 5.91 Å². The van der Waals surface area contributed by atoms with Crippen LogP contribution in [0.25, 0.3) is 0 Å². The zero-order valence-electron chi connectivity index (χ0n) is 13.7. The summed E-state index contributed by atoms with van der Waals surface area (Å²) < 4.78 is 11.5. The highest BCUT2D eigenvalue weighted by molar-refractivity contribution is 5.76. The number of rotatable bonds is 4. The summed E-state index contributed by atoms with van der Waals surface area (Å²) in [6, 6.07) is 0.458. The third kappa shape index (κ3) is 5.57. The summed E-state index contributed by atoms with van der Waals surface area (Å²) in [5, 5.41) is 6.52. The Kier molecular flexibility index (Phi) is 5.63. The Morgan fingerprint density at radius 1 is 1.24 bits per heavy atom. The van der Waals surface area contributed by atoms with Crippen molar-refractivity contribution in [1.82, 2.24) is 10.6 Å². The molecule has 0 aliphatic carbocycles. The highest BCUT2D eigenvalue weighted by atomic mass is 16.5. The van der Waals surface area contributed by atoms with Gasteiger partial charge in [-0.15, -0.1) is 0 Å². The highest BCUT2D eigenvalue weighted by Gasteiger charge is 2.38. The van der Waals surface area contributed by atoms with Gasteiger partial charge < -0.3 is 20.1 Å². The molecule has 2 N–H and O–H groups in total. The summed E-state index contributed by atoms with van der Waals surface area (Å²) in [5.74, 6) is 0.114. The van der Waals surface area contributed by atoms with Crippen LogP contribution in [0.5, 0.6) is 0 Å². The first-order chi connectivity index (χ1) is 9.89. The first-order valence-corrected chi connectivity index (χ1v) is 8.15. The molecule has 1 unspecified atom stereocenters. The van der Waals surface area contributed by atoms with Crippen molar-refractivity contribution < 1.29 is 14.3 Å². The number of ether oxygens (including phenoxy) is 2. The monoisotopic (exact) mass is 298 g/mol. The smallest absolute Gasteiger partial charge is 0.221 e. The quantitative estimate of drug-likeness (QED) is 0.828. The average molecular weight is 298 g/mol. The maximum atomic E-state index is 11.8. The van der Waals surface area contributed by atoms with Crippen LogP contribution in [0, 0.1) is 0 Å². The van der Waals surface area contributed by atoms with E-state index in [4.69, 9.17) is 9.47 Å². The van der Waals surface area contributed by atoms with Gasteiger partial charge in [-0.25, -0.2) is 0 Å². The second kappa shape index (κ2) is 7.07. The molecule has 0 radical (unpaired) electrons. The third-order valence-electron chi connectivity index (χ3n) is 4.20. The fraction of sp³-hybridized carbons (Fsp3) is 0.938. The SMILES string of the molecule is CC(C)(C)NC(=O)CCNC1CCOC2(CCOCC2)C1. The maximum absolute atomic E-state index is 11.8. The molecule has 0 aromatic rings.